The van der Waals surface area contributed by atoms with Crippen LogP contribution in [0, 0.1) is 17.0 Å². The van der Waals surface area contributed by atoms with Gasteiger partial charge in [-0.05, 0) is 37.3 Å². The van der Waals surface area contributed by atoms with Gasteiger partial charge in [-0.2, -0.15) is 0 Å². The molecule has 0 atom stereocenters. The Morgan fingerprint density at radius 3 is 2.29 bits per heavy atom. The fraction of sp³-hybridized carbons (Fsp3) is 0.0476. The number of para-hydroxylation sites is 1. The molecule has 0 aromatic heterocycles. The Bertz CT molecular complexity index is 1050. The van der Waals surface area contributed by atoms with Crippen molar-refractivity contribution >= 4 is 28.9 Å². The lowest BCUT2D eigenvalue weighted by atomic mass is 10.1. The number of nitro groups is 1. The molecule has 3 aromatic rings. The number of anilines is 2. The molecule has 2 N–H and O–H groups in total. The Kier molecular flexibility index (Phi) is 5.45. The van der Waals surface area contributed by atoms with Gasteiger partial charge >= 0.3 is 0 Å². The molecular formula is C21H17N3O4. The van der Waals surface area contributed by atoms with Crippen molar-refractivity contribution in [3.8, 4) is 0 Å². The molecule has 7 heteroatoms. The second kappa shape index (κ2) is 8.13. The number of amides is 2. The maximum Gasteiger partial charge on any atom is 0.270 e. The van der Waals surface area contributed by atoms with E-state index in [0.29, 0.717) is 11.4 Å². The Labute approximate surface area is 161 Å². The van der Waals surface area contributed by atoms with Gasteiger partial charge in [0.2, 0.25) is 0 Å². The summed E-state index contributed by atoms with van der Waals surface area (Å²) in [5.74, 6) is -0.918. The fourth-order valence-electron chi connectivity index (χ4n) is 2.58. The zero-order valence-electron chi connectivity index (χ0n) is 15.0. The van der Waals surface area contributed by atoms with Crippen LogP contribution in [0.2, 0.25) is 0 Å². The number of hydrogen-bond donors (Lipinski definition) is 2. The first-order valence-corrected chi connectivity index (χ1v) is 8.47. The molecule has 0 aliphatic heterocycles. The standard InChI is InChI=1S/C21H17N3O4/c1-14-9-11-16(12-10-14)22-21(26)18-7-2-3-8-19(18)23-20(25)15-5-4-6-17(13-15)24(27)28/h2-13H,1H3,(H,22,26)(H,23,25). The van der Waals surface area contributed by atoms with E-state index in [2.05, 4.69) is 10.6 Å². The Morgan fingerprint density at radius 2 is 1.57 bits per heavy atom. The molecule has 0 spiro atoms. The number of rotatable bonds is 5. The van der Waals surface area contributed by atoms with Crippen LogP contribution in [0.1, 0.15) is 26.3 Å². The summed E-state index contributed by atoms with van der Waals surface area (Å²) in [4.78, 5) is 35.4. The maximum absolute atomic E-state index is 12.6. The molecule has 2 amide bonds. The van der Waals surface area contributed by atoms with Gasteiger partial charge in [-0.3, -0.25) is 19.7 Å². The highest BCUT2D eigenvalue weighted by atomic mass is 16.6. The average Bonchev–Trinajstić information content (AvgIpc) is 2.70. The summed E-state index contributed by atoms with van der Waals surface area (Å²) in [6, 6.07) is 19.3. The van der Waals surface area contributed by atoms with E-state index in [9.17, 15) is 19.7 Å². The summed E-state index contributed by atoms with van der Waals surface area (Å²) < 4.78 is 0. The van der Waals surface area contributed by atoms with Crippen LogP contribution in [-0.2, 0) is 0 Å². The van der Waals surface area contributed by atoms with Crippen LogP contribution in [-0.4, -0.2) is 16.7 Å². The van der Waals surface area contributed by atoms with E-state index < -0.39 is 10.8 Å². The summed E-state index contributed by atoms with van der Waals surface area (Å²) in [6.45, 7) is 1.95. The lowest BCUT2D eigenvalue weighted by Crippen LogP contribution is -2.18. The van der Waals surface area contributed by atoms with Crippen LogP contribution in [0.15, 0.2) is 72.8 Å². The highest BCUT2D eigenvalue weighted by Crippen LogP contribution is 2.20. The Morgan fingerprint density at radius 1 is 0.857 bits per heavy atom. The summed E-state index contributed by atoms with van der Waals surface area (Å²) in [5, 5.41) is 16.3. The number of carbonyl (C=O) groups excluding carboxylic acids is 2. The van der Waals surface area contributed by atoms with Gasteiger partial charge in [0.15, 0.2) is 0 Å². The second-order valence-electron chi connectivity index (χ2n) is 6.13. The molecule has 0 bridgehead atoms. The van der Waals surface area contributed by atoms with E-state index in [0.717, 1.165) is 5.56 Å². The maximum atomic E-state index is 12.6. The first kappa shape index (κ1) is 18.8. The van der Waals surface area contributed by atoms with Crippen molar-refractivity contribution in [1.82, 2.24) is 0 Å². The third-order valence-electron chi connectivity index (χ3n) is 4.05. The van der Waals surface area contributed by atoms with Gasteiger partial charge in [-0.1, -0.05) is 35.9 Å². The topological polar surface area (TPSA) is 101 Å². The first-order valence-electron chi connectivity index (χ1n) is 8.47. The van der Waals surface area contributed by atoms with Crippen LogP contribution in [0.3, 0.4) is 0 Å². The molecule has 0 saturated carbocycles. The summed E-state index contributed by atoms with van der Waals surface area (Å²) in [7, 11) is 0. The number of non-ortho nitro benzene ring substituents is 1. The summed E-state index contributed by atoms with van der Waals surface area (Å²) in [6.07, 6.45) is 0. The molecule has 0 unspecified atom stereocenters. The molecular weight excluding hydrogens is 358 g/mol. The molecule has 0 aliphatic carbocycles. The minimum atomic E-state index is -0.570. The number of nitrogens with one attached hydrogen (secondary N) is 2. The third-order valence-corrected chi connectivity index (χ3v) is 4.05. The van der Waals surface area contributed by atoms with Crippen molar-refractivity contribution in [3.63, 3.8) is 0 Å². The van der Waals surface area contributed by atoms with E-state index in [4.69, 9.17) is 0 Å². The third kappa shape index (κ3) is 4.39. The van der Waals surface area contributed by atoms with Crippen LogP contribution in [0.25, 0.3) is 0 Å². The molecule has 3 rings (SSSR count). The second-order valence-corrected chi connectivity index (χ2v) is 6.13. The molecule has 0 fully saturated rings. The largest absolute Gasteiger partial charge is 0.322 e. The molecule has 28 heavy (non-hydrogen) atoms. The number of hydrogen-bond acceptors (Lipinski definition) is 4. The van der Waals surface area contributed by atoms with Crippen molar-refractivity contribution in [3.05, 3.63) is 99.6 Å². The van der Waals surface area contributed by atoms with Gasteiger partial charge in [0.25, 0.3) is 17.5 Å². The lowest BCUT2D eigenvalue weighted by Gasteiger charge is -2.12. The van der Waals surface area contributed by atoms with E-state index >= 15 is 0 Å². The molecule has 140 valence electrons. The van der Waals surface area contributed by atoms with Crippen LogP contribution < -0.4 is 10.6 Å². The number of benzene rings is 3. The highest BCUT2D eigenvalue weighted by Gasteiger charge is 2.16. The number of aryl methyl sites for hydroxylation is 1. The SMILES string of the molecule is Cc1ccc(NC(=O)c2ccccc2NC(=O)c2cccc([N+](=O)[O-])c2)cc1. The lowest BCUT2D eigenvalue weighted by molar-refractivity contribution is -0.384. The van der Waals surface area contributed by atoms with E-state index in [-0.39, 0.29) is 22.7 Å². The van der Waals surface area contributed by atoms with Gasteiger partial charge in [-0.25, -0.2) is 0 Å². The van der Waals surface area contributed by atoms with Crippen molar-refractivity contribution < 1.29 is 14.5 Å². The Balaban J connectivity index is 1.81. The molecule has 0 radical (unpaired) electrons. The number of nitro benzene ring substituents is 1. The summed E-state index contributed by atoms with van der Waals surface area (Å²) in [5.41, 5.74) is 2.24. The average molecular weight is 375 g/mol. The fourth-order valence-corrected chi connectivity index (χ4v) is 2.58. The van der Waals surface area contributed by atoms with Gasteiger partial charge < -0.3 is 10.6 Å². The van der Waals surface area contributed by atoms with Crippen molar-refractivity contribution in [2.45, 2.75) is 6.92 Å². The molecule has 7 nitrogen and oxygen atoms in total. The molecule has 0 saturated heterocycles. The minimum Gasteiger partial charge on any atom is -0.322 e. The van der Waals surface area contributed by atoms with Crippen molar-refractivity contribution in [2.75, 3.05) is 10.6 Å². The zero-order valence-corrected chi connectivity index (χ0v) is 15.0. The monoisotopic (exact) mass is 375 g/mol. The van der Waals surface area contributed by atoms with E-state index in [1.54, 1.807) is 36.4 Å². The predicted octanol–water partition coefficient (Wildman–Crippen LogP) is 4.41. The van der Waals surface area contributed by atoms with Gasteiger partial charge in [0.05, 0.1) is 16.2 Å². The van der Waals surface area contributed by atoms with Crippen LogP contribution in [0.5, 0.6) is 0 Å². The van der Waals surface area contributed by atoms with Crippen molar-refractivity contribution in [1.29, 1.82) is 0 Å². The van der Waals surface area contributed by atoms with E-state index in [1.165, 1.54) is 24.3 Å². The first-order chi connectivity index (χ1) is 13.4. The van der Waals surface area contributed by atoms with E-state index in [1.807, 2.05) is 19.1 Å². The van der Waals surface area contributed by atoms with Gasteiger partial charge in [0.1, 0.15) is 0 Å². The predicted molar refractivity (Wildman–Crippen MR) is 107 cm³/mol. The van der Waals surface area contributed by atoms with Gasteiger partial charge in [0, 0.05) is 23.4 Å². The Hall–Kier alpha value is -4.00. The smallest absolute Gasteiger partial charge is 0.270 e. The van der Waals surface area contributed by atoms with Crippen molar-refractivity contribution in [2.24, 2.45) is 0 Å². The minimum absolute atomic E-state index is 0.128. The molecule has 0 heterocycles. The van der Waals surface area contributed by atoms with Crippen LogP contribution >= 0.6 is 0 Å². The highest BCUT2D eigenvalue weighted by molar-refractivity contribution is 6.12. The molecule has 3 aromatic carbocycles. The summed E-state index contributed by atoms with van der Waals surface area (Å²) >= 11 is 0. The number of carbonyl (C=O) groups is 2. The number of nitrogens with zero attached hydrogens (tertiary/aromatic N) is 1. The molecule has 0 aliphatic rings. The van der Waals surface area contributed by atoms with Gasteiger partial charge in [-0.15, -0.1) is 0 Å². The quantitative estimate of drug-likeness (QED) is 0.509. The zero-order chi connectivity index (χ0) is 20.1. The van der Waals surface area contributed by atoms with Crippen LogP contribution in [0.4, 0.5) is 17.1 Å². The normalized spacial score (nSPS) is 10.2.